The summed E-state index contributed by atoms with van der Waals surface area (Å²) < 4.78 is 0. The van der Waals surface area contributed by atoms with Crippen molar-refractivity contribution in [2.45, 2.75) is 0 Å². The molecule has 1 aromatic rings. The minimum absolute atomic E-state index is 0.0568. The van der Waals surface area contributed by atoms with Crippen LogP contribution in [0.3, 0.4) is 0 Å². The molecule has 0 atom stereocenters. The molecule has 2 rings (SSSR count). The second-order valence-electron chi connectivity index (χ2n) is 4.83. The van der Waals surface area contributed by atoms with Crippen LogP contribution < -0.4 is 10.9 Å². The van der Waals surface area contributed by atoms with Gasteiger partial charge in [0.1, 0.15) is 5.82 Å². The Morgan fingerprint density at radius 2 is 1.81 bits per heavy atom. The number of aromatic nitrogens is 1. The number of aliphatic carboxylic acids is 1. The van der Waals surface area contributed by atoms with E-state index in [4.69, 9.17) is 5.11 Å². The highest BCUT2D eigenvalue weighted by Crippen LogP contribution is 2.01. The highest BCUT2D eigenvalue weighted by molar-refractivity contribution is 5.79. The molecule has 2 heterocycles. The Morgan fingerprint density at radius 1 is 1.14 bits per heavy atom. The van der Waals surface area contributed by atoms with Crippen molar-refractivity contribution in [1.29, 1.82) is 0 Å². The lowest BCUT2D eigenvalue weighted by Crippen LogP contribution is -2.50. The predicted molar refractivity (Wildman–Crippen MR) is 76.5 cm³/mol. The number of hydrogen-bond acceptors (Lipinski definition) is 6. The molecule has 21 heavy (non-hydrogen) atoms. The van der Waals surface area contributed by atoms with E-state index in [1.807, 2.05) is 15.9 Å². The summed E-state index contributed by atoms with van der Waals surface area (Å²) in [6.45, 7) is 3.02. The standard InChI is InChI=1S/C13H19N5O3/c19-12(16-15-11-3-1-2-4-14-11)9-17-5-7-18(8-6-17)10-13(20)21/h1-4H,5-10H2,(H,14,15)(H,16,19)(H,20,21). The molecular weight excluding hydrogens is 274 g/mol. The second-order valence-corrected chi connectivity index (χ2v) is 4.83. The Balaban J connectivity index is 1.66. The van der Waals surface area contributed by atoms with Gasteiger partial charge < -0.3 is 5.11 Å². The van der Waals surface area contributed by atoms with Crippen molar-refractivity contribution in [2.75, 3.05) is 44.7 Å². The number of hydrogen-bond donors (Lipinski definition) is 3. The topological polar surface area (TPSA) is 97.8 Å². The van der Waals surface area contributed by atoms with Gasteiger partial charge in [0.15, 0.2) is 0 Å². The van der Waals surface area contributed by atoms with Gasteiger partial charge in [-0.3, -0.25) is 30.2 Å². The van der Waals surface area contributed by atoms with Crippen LogP contribution in [0.1, 0.15) is 0 Å². The molecule has 0 spiro atoms. The molecule has 1 saturated heterocycles. The van der Waals surface area contributed by atoms with Crippen LogP contribution in [-0.4, -0.2) is 71.0 Å². The lowest BCUT2D eigenvalue weighted by molar-refractivity contribution is -0.139. The van der Waals surface area contributed by atoms with Crippen LogP contribution in [0, 0.1) is 0 Å². The molecule has 1 aromatic heterocycles. The molecule has 3 N–H and O–H groups in total. The van der Waals surface area contributed by atoms with Crippen LogP contribution >= 0.6 is 0 Å². The third-order valence-electron chi connectivity index (χ3n) is 3.19. The molecule has 1 aliphatic heterocycles. The van der Waals surface area contributed by atoms with E-state index in [2.05, 4.69) is 15.8 Å². The summed E-state index contributed by atoms with van der Waals surface area (Å²) in [7, 11) is 0. The van der Waals surface area contributed by atoms with E-state index in [1.54, 1.807) is 18.3 Å². The Hall–Kier alpha value is -2.19. The van der Waals surface area contributed by atoms with Gasteiger partial charge in [0.25, 0.3) is 5.91 Å². The molecule has 0 radical (unpaired) electrons. The molecule has 114 valence electrons. The zero-order valence-electron chi connectivity index (χ0n) is 11.7. The lowest BCUT2D eigenvalue weighted by Gasteiger charge is -2.33. The first-order valence-corrected chi connectivity index (χ1v) is 6.76. The van der Waals surface area contributed by atoms with E-state index >= 15 is 0 Å². The summed E-state index contributed by atoms with van der Waals surface area (Å²) in [4.78, 5) is 30.3. The van der Waals surface area contributed by atoms with Crippen molar-refractivity contribution in [3.63, 3.8) is 0 Å². The van der Waals surface area contributed by atoms with Gasteiger partial charge in [0, 0.05) is 32.4 Å². The maximum Gasteiger partial charge on any atom is 0.317 e. The van der Waals surface area contributed by atoms with Gasteiger partial charge in [0.05, 0.1) is 13.1 Å². The molecular formula is C13H19N5O3. The van der Waals surface area contributed by atoms with E-state index in [9.17, 15) is 9.59 Å². The number of carbonyl (C=O) groups is 2. The van der Waals surface area contributed by atoms with E-state index < -0.39 is 5.97 Å². The monoisotopic (exact) mass is 293 g/mol. The number of carbonyl (C=O) groups excluding carboxylic acids is 1. The number of rotatable bonds is 6. The van der Waals surface area contributed by atoms with Crippen molar-refractivity contribution in [1.82, 2.24) is 20.2 Å². The minimum Gasteiger partial charge on any atom is -0.480 e. The molecule has 1 fully saturated rings. The Labute approximate surface area is 122 Å². The minimum atomic E-state index is -0.819. The normalized spacial score (nSPS) is 16.4. The zero-order chi connectivity index (χ0) is 15.1. The highest BCUT2D eigenvalue weighted by atomic mass is 16.4. The summed E-state index contributed by atoms with van der Waals surface area (Å²) >= 11 is 0. The van der Waals surface area contributed by atoms with E-state index in [-0.39, 0.29) is 19.0 Å². The molecule has 1 aliphatic rings. The van der Waals surface area contributed by atoms with Gasteiger partial charge >= 0.3 is 5.97 Å². The third kappa shape index (κ3) is 5.36. The number of amides is 1. The predicted octanol–water partition coefficient (Wildman–Crippen LogP) is -0.773. The molecule has 8 nitrogen and oxygen atoms in total. The smallest absolute Gasteiger partial charge is 0.317 e. The van der Waals surface area contributed by atoms with Crippen LogP contribution in [0.5, 0.6) is 0 Å². The molecule has 1 amide bonds. The Kier molecular flexibility index (Phi) is 5.47. The highest BCUT2D eigenvalue weighted by Gasteiger charge is 2.20. The number of nitrogens with zero attached hydrogens (tertiary/aromatic N) is 3. The molecule has 0 bridgehead atoms. The maximum absolute atomic E-state index is 11.8. The second kappa shape index (κ2) is 7.55. The fourth-order valence-corrected chi connectivity index (χ4v) is 2.11. The SMILES string of the molecule is O=C(O)CN1CCN(CC(=O)NNc2ccccn2)CC1. The van der Waals surface area contributed by atoms with Crippen LogP contribution in [0.15, 0.2) is 24.4 Å². The molecule has 0 aromatic carbocycles. The largest absolute Gasteiger partial charge is 0.480 e. The van der Waals surface area contributed by atoms with E-state index in [1.165, 1.54) is 0 Å². The molecule has 8 heteroatoms. The first-order valence-electron chi connectivity index (χ1n) is 6.76. The average molecular weight is 293 g/mol. The van der Waals surface area contributed by atoms with Crippen LogP contribution in [0.4, 0.5) is 5.82 Å². The first kappa shape index (κ1) is 15.2. The number of anilines is 1. The number of carboxylic acid groups (broad SMARTS) is 1. The van der Waals surface area contributed by atoms with Crippen molar-refractivity contribution in [3.05, 3.63) is 24.4 Å². The van der Waals surface area contributed by atoms with Gasteiger partial charge in [-0.05, 0) is 12.1 Å². The fourth-order valence-electron chi connectivity index (χ4n) is 2.11. The van der Waals surface area contributed by atoms with Crippen molar-refractivity contribution < 1.29 is 14.7 Å². The van der Waals surface area contributed by atoms with Gasteiger partial charge in [-0.2, -0.15) is 0 Å². The molecule has 0 saturated carbocycles. The van der Waals surface area contributed by atoms with Crippen LogP contribution in [0.25, 0.3) is 0 Å². The maximum atomic E-state index is 11.8. The van der Waals surface area contributed by atoms with Crippen molar-refractivity contribution in [2.24, 2.45) is 0 Å². The summed E-state index contributed by atoms with van der Waals surface area (Å²) in [6.07, 6.45) is 1.64. The molecule has 0 unspecified atom stereocenters. The quantitative estimate of drug-likeness (QED) is 0.592. The van der Waals surface area contributed by atoms with Crippen molar-refractivity contribution in [3.8, 4) is 0 Å². The molecule has 0 aliphatic carbocycles. The number of piperazine rings is 1. The number of pyridine rings is 1. The van der Waals surface area contributed by atoms with Gasteiger partial charge in [0.2, 0.25) is 0 Å². The zero-order valence-corrected chi connectivity index (χ0v) is 11.7. The Morgan fingerprint density at radius 3 is 2.38 bits per heavy atom. The third-order valence-corrected chi connectivity index (χ3v) is 3.19. The fraction of sp³-hybridized carbons (Fsp3) is 0.462. The summed E-state index contributed by atoms with van der Waals surface area (Å²) in [6, 6.07) is 5.37. The van der Waals surface area contributed by atoms with Gasteiger partial charge in [-0.25, -0.2) is 4.98 Å². The number of nitrogens with one attached hydrogen (secondary N) is 2. The average Bonchev–Trinajstić information content (AvgIpc) is 2.48. The summed E-state index contributed by atoms with van der Waals surface area (Å²) in [5.74, 6) is -0.384. The van der Waals surface area contributed by atoms with Gasteiger partial charge in [-0.15, -0.1) is 0 Å². The van der Waals surface area contributed by atoms with Gasteiger partial charge in [-0.1, -0.05) is 6.07 Å². The number of hydrazine groups is 1. The summed E-state index contributed by atoms with van der Waals surface area (Å²) in [5, 5.41) is 8.72. The lowest BCUT2D eigenvalue weighted by atomic mass is 10.3. The van der Waals surface area contributed by atoms with Crippen LogP contribution in [0.2, 0.25) is 0 Å². The van der Waals surface area contributed by atoms with E-state index in [0.717, 1.165) is 0 Å². The van der Waals surface area contributed by atoms with E-state index in [0.29, 0.717) is 32.0 Å². The first-order chi connectivity index (χ1) is 10.1. The summed E-state index contributed by atoms with van der Waals surface area (Å²) in [5.41, 5.74) is 5.33. The van der Waals surface area contributed by atoms with Crippen molar-refractivity contribution >= 4 is 17.7 Å². The van der Waals surface area contributed by atoms with Crippen LogP contribution in [-0.2, 0) is 9.59 Å². The number of carboxylic acids is 1. The Bertz CT molecular complexity index is 474.